The largest absolute Gasteiger partial charge is 0.301 e. The molecule has 2 N–H and O–H groups in total. The van der Waals surface area contributed by atoms with Crippen molar-refractivity contribution in [3.05, 3.63) is 104 Å². The number of nitrogens with zero attached hydrogens (tertiary/aromatic N) is 1. The van der Waals surface area contributed by atoms with E-state index in [2.05, 4.69) is 15.8 Å². The van der Waals surface area contributed by atoms with Gasteiger partial charge < -0.3 is 4.98 Å². The molecule has 0 saturated heterocycles. The Balaban J connectivity index is 1.32. The summed E-state index contributed by atoms with van der Waals surface area (Å²) in [7, 11) is -3.90. The first-order valence-corrected chi connectivity index (χ1v) is 15.7. The Hall–Kier alpha value is -2.96. The number of aromatic amines is 1. The highest BCUT2D eigenvalue weighted by Crippen LogP contribution is 2.37. The van der Waals surface area contributed by atoms with Gasteiger partial charge in [0.05, 0.1) is 21.2 Å². The van der Waals surface area contributed by atoms with Crippen LogP contribution in [0, 0.1) is 12.7 Å². The number of hydrogen-bond acceptors (Lipinski definition) is 7. The monoisotopic (exact) mass is 603 g/mol. The number of nitrogens with one attached hydrogen (secondary N) is 2. The third-order valence-electron chi connectivity index (χ3n) is 5.53. The van der Waals surface area contributed by atoms with Crippen molar-refractivity contribution >= 4 is 61.7 Å². The Morgan fingerprint density at radius 1 is 1.05 bits per heavy atom. The minimum atomic E-state index is -3.90. The van der Waals surface area contributed by atoms with Crippen LogP contribution in [0.2, 0.25) is 5.02 Å². The van der Waals surface area contributed by atoms with Crippen molar-refractivity contribution < 1.29 is 12.8 Å². The highest BCUT2D eigenvalue weighted by Gasteiger charge is 2.16. The van der Waals surface area contributed by atoms with Gasteiger partial charge >= 0.3 is 0 Å². The van der Waals surface area contributed by atoms with Gasteiger partial charge in [0.1, 0.15) is 5.82 Å². The smallest absolute Gasteiger partial charge is 0.261 e. The molecule has 12 heteroatoms. The van der Waals surface area contributed by atoms with Crippen LogP contribution in [-0.4, -0.2) is 18.4 Å². The molecule has 5 aromatic rings. The molecule has 0 amide bonds. The first kappa shape index (κ1) is 26.6. The Bertz CT molecular complexity index is 1770. The fraction of sp³-hybridized carbons (Fsp3) is 0.0769. The quantitative estimate of drug-likeness (QED) is 0.142. The van der Waals surface area contributed by atoms with Crippen LogP contribution >= 0.6 is 46.0 Å². The van der Waals surface area contributed by atoms with E-state index in [1.807, 2.05) is 23.6 Å². The summed E-state index contributed by atoms with van der Waals surface area (Å²) >= 11 is 11.0. The maximum absolute atomic E-state index is 13.1. The number of aromatic nitrogens is 2. The summed E-state index contributed by atoms with van der Waals surface area (Å²) in [5.74, 6) is -0.121. The minimum absolute atomic E-state index is 0.0619. The highest BCUT2D eigenvalue weighted by molar-refractivity contribution is 7.98. The number of thiophene rings is 2. The fourth-order valence-electron chi connectivity index (χ4n) is 3.54. The molecule has 0 fully saturated rings. The Labute approximate surface area is 235 Å². The molecule has 0 aliphatic carbocycles. The van der Waals surface area contributed by atoms with Gasteiger partial charge in [0.15, 0.2) is 5.16 Å². The SMILES string of the molecule is Cc1c(-c2ccc(-c3cccs3)s2)nc(SCc2ccc(NS(=O)(=O)c3ccc(F)cc3)cc2Cl)[nH]c1=O. The van der Waals surface area contributed by atoms with Crippen LogP contribution in [-0.2, 0) is 15.8 Å². The second-order valence-corrected chi connectivity index (χ2v) is 13.2. The molecular weight excluding hydrogens is 585 g/mol. The van der Waals surface area contributed by atoms with Gasteiger partial charge in [-0.25, -0.2) is 17.8 Å². The third kappa shape index (κ3) is 5.87. The molecule has 0 unspecified atom stereocenters. The molecule has 3 heterocycles. The lowest BCUT2D eigenvalue weighted by atomic mass is 10.2. The number of benzene rings is 2. The van der Waals surface area contributed by atoms with E-state index in [1.54, 1.807) is 41.7 Å². The van der Waals surface area contributed by atoms with Gasteiger partial charge in [0.25, 0.3) is 15.6 Å². The summed E-state index contributed by atoms with van der Waals surface area (Å²) in [6, 6.07) is 17.4. The molecule has 0 radical (unpaired) electrons. The molecule has 0 saturated carbocycles. The van der Waals surface area contributed by atoms with Crippen molar-refractivity contribution in [2.45, 2.75) is 22.7 Å². The van der Waals surface area contributed by atoms with Crippen molar-refractivity contribution in [1.29, 1.82) is 0 Å². The van der Waals surface area contributed by atoms with Crippen molar-refractivity contribution in [2.24, 2.45) is 0 Å². The van der Waals surface area contributed by atoms with Crippen molar-refractivity contribution in [1.82, 2.24) is 9.97 Å². The van der Waals surface area contributed by atoms with Gasteiger partial charge in [-0.05, 0) is 72.5 Å². The maximum Gasteiger partial charge on any atom is 0.261 e. The molecule has 0 spiro atoms. The highest BCUT2D eigenvalue weighted by atomic mass is 35.5. The van der Waals surface area contributed by atoms with Gasteiger partial charge in [-0.3, -0.25) is 9.52 Å². The maximum atomic E-state index is 13.1. The predicted octanol–water partition coefficient (Wildman–Crippen LogP) is 7.42. The van der Waals surface area contributed by atoms with Crippen LogP contribution in [0.4, 0.5) is 10.1 Å². The number of rotatable bonds is 8. The number of hydrogen-bond donors (Lipinski definition) is 2. The van der Waals surface area contributed by atoms with E-state index >= 15 is 0 Å². The number of H-pyrrole nitrogens is 1. The summed E-state index contributed by atoms with van der Waals surface area (Å²) in [4.78, 5) is 23.3. The van der Waals surface area contributed by atoms with Gasteiger partial charge in [-0.15, -0.1) is 22.7 Å². The second kappa shape index (κ2) is 11.0. The average Bonchev–Trinajstić information content (AvgIpc) is 3.58. The summed E-state index contributed by atoms with van der Waals surface area (Å²) < 4.78 is 40.7. The predicted molar refractivity (Wildman–Crippen MR) is 154 cm³/mol. The van der Waals surface area contributed by atoms with E-state index in [0.717, 1.165) is 32.3 Å². The summed E-state index contributed by atoms with van der Waals surface area (Å²) in [6.07, 6.45) is 0. The van der Waals surface area contributed by atoms with Gasteiger partial charge in [-0.2, -0.15) is 0 Å². The molecule has 3 aromatic heterocycles. The molecule has 0 aliphatic rings. The number of anilines is 1. The van der Waals surface area contributed by atoms with Crippen LogP contribution < -0.4 is 10.3 Å². The number of sulfonamides is 1. The fourth-order valence-corrected chi connectivity index (χ4v) is 7.67. The summed E-state index contributed by atoms with van der Waals surface area (Å²) in [5.41, 5.74) is 1.99. The van der Waals surface area contributed by atoms with Gasteiger partial charge in [0, 0.05) is 26.1 Å². The van der Waals surface area contributed by atoms with E-state index < -0.39 is 15.8 Å². The van der Waals surface area contributed by atoms with E-state index in [9.17, 15) is 17.6 Å². The van der Waals surface area contributed by atoms with Crippen molar-refractivity contribution in [2.75, 3.05) is 4.72 Å². The van der Waals surface area contributed by atoms with Crippen LogP contribution in [0.15, 0.2) is 87.0 Å². The lowest BCUT2D eigenvalue weighted by molar-refractivity contribution is 0.599. The molecule has 0 atom stereocenters. The molecule has 38 heavy (non-hydrogen) atoms. The molecule has 194 valence electrons. The zero-order chi connectivity index (χ0) is 26.9. The van der Waals surface area contributed by atoms with Crippen LogP contribution in [0.5, 0.6) is 0 Å². The summed E-state index contributed by atoms with van der Waals surface area (Å²) in [6.45, 7) is 1.75. The molecular formula is C26H19ClFN3O3S4. The molecule has 2 aromatic carbocycles. The Kier molecular flexibility index (Phi) is 7.73. The Morgan fingerprint density at radius 2 is 1.82 bits per heavy atom. The molecule has 6 nitrogen and oxygen atoms in total. The first-order chi connectivity index (χ1) is 18.2. The van der Waals surface area contributed by atoms with E-state index in [4.69, 9.17) is 16.6 Å². The van der Waals surface area contributed by atoms with Crippen molar-refractivity contribution in [3.63, 3.8) is 0 Å². The van der Waals surface area contributed by atoms with E-state index in [-0.39, 0.29) is 16.1 Å². The number of thioether (sulfide) groups is 1. The summed E-state index contributed by atoms with van der Waals surface area (Å²) in [5, 5.41) is 2.84. The normalized spacial score (nSPS) is 11.6. The van der Waals surface area contributed by atoms with Crippen LogP contribution in [0.25, 0.3) is 20.3 Å². The number of halogens is 2. The zero-order valence-corrected chi connectivity index (χ0v) is 23.7. The minimum Gasteiger partial charge on any atom is -0.301 e. The lowest BCUT2D eigenvalue weighted by Crippen LogP contribution is -2.13. The molecule has 5 rings (SSSR count). The van der Waals surface area contributed by atoms with E-state index in [0.29, 0.717) is 27.2 Å². The third-order valence-corrected chi connectivity index (χ3v) is 10.4. The topological polar surface area (TPSA) is 91.9 Å². The molecule has 0 aliphatic heterocycles. The van der Waals surface area contributed by atoms with Crippen LogP contribution in [0.1, 0.15) is 11.1 Å². The van der Waals surface area contributed by atoms with Crippen LogP contribution in [0.3, 0.4) is 0 Å². The van der Waals surface area contributed by atoms with E-state index in [1.165, 1.54) is 30.0 Å². The lowest BCUT2D eigenvalue weighted by Gasteiger charge is -2.11. The molecule has 0 bridgehead atoms. The first-order valence-electron chi connectivity index (χ1n) is 11.1. The van der Waals surface area contributed by atoms with Gasteiger partial charge in [-0.1, -0.05) is 35.5 Å². The van der Waals surface area contributed by atoms with Crippen molar-refractivity contribution in [3.8, 4) is 20.3 Å². The average molecular weight is 604 g/mol. The van der Waals surface area contributed by atoms with Gasteiger partial charge in [0.2, 0.25) is 0 Å². The second-order valence-electron chi connectivity index (χ2n) is 8.14. The Morgan fingerprint density at radius 3 is 2.53 bits per heavy atom. The standard InChI is InChI=1S/C26H19ClFN3O3S4/c1-15-24(23-11-10-22(37-23)21-3-2-12-35-21)29-26(30-25(15)32)36-14-16-4-7-18(13-20(16)27)31-38(33,34)19-8-5-17(28)6-9-19/h2-13,31H,14H2,1H3,(H,29,30,32). The zero-order valence-electron chi connectivity index (χ0n) is 19.7.